The van der Waals surface area contributed by atoms with Crippen molar-refractivity contribution in [3.8, 4) is 0 Å². The predicted molar refractivity (Wildman–Crippen MR) is 93.5 cm³/mol. The summed E-state index contributed by atoms with van der Waals surface area (Å²) in [7, 11) is 0. The summed E-state index contributed by atoms with van der Waals surface area (Å²) in [4.78, 5) is 24.2. The van der Waals surface area contributed by atoms with Crippen LogP contribution in [-0.4, -0.2) is 20.7 Å². The topological polar surface area (TPSA) is 70.7 Å². The molecule has 0 amide bonds. The average Bonchev–Trinajstić information content (AvgIpc) is 3.08. The van der Waals surface area contributed by atoms with Crippen LogP contribution >= 0.6 is 0 Å². The van der Waals surface area contributed by atoms with E-state index >= 15 is 0 Å². The summed E-state index contributed by atoms with van der Waals surface area (Å²) in [5.41, 5.74) is 3.58. The number of para-hydroxylation sites is 1. The van der Waals surface area contributed by atoms with Gasteiger partial charge in [-0.05, 0) is 30.3 Å². The third-order valence-electron chi connectivity index (χ3n) is 3.79. The molecule has 5 heteroatoms. The molecule has 2 N–H and O–H groups in total. The van der Waals surface area contributed by atoms with Crippen LogP contribution in [0.1, 0.15) is 15.9 Å². The largest absolute Gasteiger partial charge is 0.355 e. The Hall–Kier alpha value is -3.47. The normalized spacial score (nSPS) is 10.7. The molecular weight excluding hydrogens is 300 g/mol. The Kier molecular flexibility index (Phi) is 3.51. The van der Waals surface area contributed by atoms with Crippen LogP contribution in [0.4, 0.5) is 11.4 Å². The van der Waals surface area contributed by atoms with E-state index in [-0.39, 0.29) is 5.78 Å². The van der Waals surface area contributed by atoms with Crippen LogP contribution in [0.25, 0.3) is 11.0 Å². The van der Waals surface area contributed by atoms with Gasteiger partial charge in [-0.15, -0.1) is 0 Å². The highest BCUT2D eigenvalue weighted by molar-refractivity contribution is 6.18. The van der Waals surface area contributed by atoms with Gasteiger partial charge in [-0.25, -0.2) is 4.98 Å². The Morgan fingerprint density at radius 1 is 1.00 bits per heavy atom. The van der Waals surface area contributed by atoms with Gasteiger partial charge in [-0.1, -0.05) is 18.2 Å². The summed E-state index contributed by atoms with van der Waals surface area (Å²) < 4.78 is 0. The number of carbonyl (C=O) groups is 1. The molecule has 0 fully saturated rings. The molecule has 24 heavy (non-hydrogen) atoms. The minimum Gasteiger partial charge on any atom is -0.355 e. The van der Waals surface area contributed by atoms with Gasteiger partial charge in [-0.2, -0.15) is 0 Å². The number of nitrogens with one attached hydrogen (secondary N) is 2. The second-order valence-electron chi connectivity index (χ2n) is 5.35. The summed E-state index contributed by atoms with van der Waals surface area (Å²) in [6.07, 6.45) is 6.63. The number of aromatic nitrogens is 3. The molecular formula is C19H14N4O. The molecule has 0 spiro atoms. The van der Waals surface area contributed by atoms with Gasteiger partial charge in [0.25, 0.3) is 0 Å². The Morgan fingerprint density at radius 3 is 2.67 bits per heavy atom. The first-order chi connectivity index (χ1) is 11.8. The molecule has 116 valence electrons. The molecule has 0 atom stereocenters. The zero-order valence-corrected chi connectivity index (χ0v) is 12.7. The van der Waals surface area contributed by atoms with Gasteiger partial charge in [0.15, 0.2) is 5.78 Å². The lowest BCUT2D eigenvalue weighted by Crippen LogP contribution is -2.02. The van der Waals surface area contributed by atoms with E-state index in [2.05, 4.69) is 20.3 Å². The fraction of sp³-hybridized carbons (Fsp3) is 0. The summed E-state index contributed by atoms with van der Waals surface area (Å²) >= 11 is 0. The highest BCUT2D eigenvalue weighted by Gasteiger charge is 2.17. The van der Waals surface area contributed by atoms with Crippen molar-refractivity contribution in [3.05, 3.63) is 84.4 Å². The summed E-state index contributed by atoms with van der Waals surface area (Å²) in [5.74, 6) is -0.0848. The van der Waals surface area contributed by atoms with Crippen LogP contribution in [0.15, 0.2) is 73.3 Å². The number of carbonyl (C=O) groups excluding carboxylic acids is 1. The van der Waals surface area contributed by atoms with Crippen molar-refractivity contribution in [1.29, 1.82) is 0 Å². The first kappa shape index (κ1) is 14.1. The van der Waals surface area contributed by atoms with Crippen LogP contribution in [0.5, 0.6) is 0 Å². The number of ketones is 1. The number of rotatable bonds is 4. The second-order valence-corrected chi connectivity index (χ2v) is 5.35. The molecule has 5 nitrogen and oxygen atoms in total. The van der Waals surface area contributed by atoms with Crippen LogP contribution in [-0.2, 0) is 0 Å². The predicted octanol–water partition coefficient (Wildman–Crippen LogP) is 3.93. The van der Waals surface area contributed by atoms with Crippen molar-refractivity contribution in [2.24, 2.45) is 0 Å². The maximum absolute atomic E-state index is 12.8. The highest BCUT2D eigenvalue weighted by Crippen LogP contribution is 2.29. The van der Waals surface area contributed by atoms with Gasteiger partial charge in [0.05, 0.1) is 16.6 Å². The monoisotopic (exact) mass is 314 g/mol. The zero-order chi connectivity index (χ0) is 16.4. The van der Waals surface area contributed by atoms with Gasteiger partial charge in [0.2, 0.25) is 0 Å². The molecule has 1 aromatic carbocycles. The van der Waals surface area contributed by atoms with E-state index in [4.69, 9.17) is 0 Å². The summed E-state index contributed by atoms with van der Waals surface area (Å²) in [6.45, 7) is 0. The van der Waals surface area contributed by atoms with Crippen LogP contribution < -0.4 is 5.32 Å². The molecule has 4 aromatic rings. The quantitative estimate of drug-likeness (QED) is 0.560. The molecule has 0 saturated heterocycles. The Bertz CT molecular complexity index is 994. The molecule has 0 radical (unpaired) electrons. The van der Waals surface area contributed by atoms with Gasteiger partial charge in [0, 0.05) is 36.0 Å². The van der Waals surface area contributed by atoms with E-state index in [0.717, 1.165) is 16.8 Å². The van der Waals surface area contributed by atoms with Crippen molar-refractivity contribution >= 4 is 28.2 Å². The fourth-order valence-corrected chi connectivity index (χ4v) is 2.67. The van der Waals surface area contributed by atoms with Gasteiger partial charge in [0.1, 0.15) is 5.65 Å². The Morgan fingerprint density at radius 2 is 1.88 bits per heavy atom. The number of hydrogen-bond acceptors (Lipinski definition) is 4. The lowest BCUT2D eigenvalue weighted by atomic mass is 10.0. The molecule has 0 aliphatic carbocycles. The third-order valence-corrected chi connectivity index (χ3v) is 3.79. The maximum Gasteiger partial charge on any atom is 0.196 e. The summed E-state index contributed by atoms with van der Waals surface area (Å²) in [5, 5.41) is 4.13. The van der Waals surface area contributed by atoms with Gasteiger partial charge >= 0.3 is 0 Å². The standard InChI is InChI=1S/C19H14N4O/c24-18(13-5-4-9-20-11-13)15-12-22-19-17(15)16(8-10-21-19)23-14-6-2-1-3-7-14/h1-12H,(H2,21,22,23). The van der Waals surface area contributed by atoms with Crippen LogP contribution in [0, 0.1) is 0 Å². The lowest BCUT2D eigenvalue weighted by Gasteiger charge is -2.09. The van der Waals surface area contributed by atoms with E-state index in [1.165, 1.54) is 0 Å². The highest BCUT2D eigenvalue weighted by atomic mass is 16.1. The fourth-order valence-electron chi connectivity index (χ4n) is 2.67. The van der Waals surface area contributed by atoms with Crippen LogP contribution in [0.2, 0.25) is 0 Å². The SMILES string of the molecule is O=C(c1cccnc1)c1c[nH]c2nccc(Nc3ccccc3)c12. The number of benzene rings is 1. The van der Waals surface area contributed by atoms with Gasteiger partial charge < -0.3 is 10.3 Å². The van der Waals surface area contributed by atoms with E-state index in [1.807, 2.05) is 36.4 Å². The van der Waals surface area contributed by atoms with E-state index in [9.17, 15) is 4.79 Å². The zero-order valence-electron chi connectivity index (χ0n) is 12.7. The third kappa shape index (κ3) is 2.52. The summed E-state index contributed by atoms with van der Waals surface area (Å²) in [6, 6.07) is 15.2. The second kappa shape index (κ2) is 5.96. The minimum absolute atomic E-state index is 0.0848. The van der Waals surface area contributed by atoms with E-state index in [0.29, 0.717) is 16.8 Å². The van der Waals surface area contributed by atoms with Crippen molar-refractivity contribution in [3.63, 3.8) is 0 Å². The van der Waals surface area contributed by atoms with Crippen molar-refractivity contribution in [1.82, 2.24) is 15.0 Å². The molecule has 0 saturated carbocycles. The first-order valence-electron chi connectivity index (χ1n) is 7.56. The minimum atomic E-state index is -0.0848. The number of nitrogens with zero attached hydrogens (tertiary/aromatic N) is 2. The Labute approximate surface area is 138 Å². The van der Waals surface area contributed by atoms with Gasteiger partial charge in [-0.3, -0.25) is 9.78 Å². The molecule has 3 aromatic heterocycles. The molecule has 0 aliphatic heterocycles. The molecule has 4 rings (SSSR count). The number of anilines is 2. The molecule has 3 heterocycles. The molecule has 0 bridgehead atoms. The maximum atomic E-state index is 12.8. The number of aromatic amines is 1. The number of pyridine rings is 2. The van der Waals surface area contributed by atoms with E-state index < -0.39 is 0 Å². The average molecular weight is 314 g/mol. The number of hydrogen-bond donors (Lipinski definition) is 2. The van der Waals surface area contributed by atoms with Crippen molar-refractivity contribution < 1.29 is 4.79 Å². The number of fused-ring (bicyclic) bond motifs is 1. The lowest BCUT2D eigenvalue weighted by molar-refractivity contribution is 0.104. The smallest absolute Gasteiger partial charge is 0.196 e. The first-order valence-corrected chi connectivity index (χ1v) is 7.56. The Balaban J connectivity index is 1.82. The van der Waals surface area contributed by atoms with Crippen molar-refractivity contribution in [2.75, 3.05) is 5.32 Å². The number of H-pyrrole nitrogens is 1. The van der Waals surface area contributed by atoms with Crippen LogP contribution in [0.3, 0.4) is 0 Å². The van der Waals surface area contributed by atoms with E-state index in [1.54, 1.807) is 36.9 Å². The molecule has 0 unspecified atom stereocenters. The molecule has 0 aliphatic rings. The van der Waals surface area contributed by atoms with Crippen molar-refractivity contribution in [2.45, 2.75) is 0 Å².